The first-order valence-corrected chi connectivity index (χ1v) is 9.44. The molecule has 0 amide bonds. The van der Waals surface area contributed by atoms with Crippen LogP contribution in [0.3, 0.4) is 0 Å². The number of H-pyrrole nitrogens is 1. The highest BCUT2D eigenvalue weighted by Gasteiger charge is 2.16. The number of likely N-dealkylation sites (tertiary alicyclic amines) is 1. The van der Waals surface area contributed by atoms with E-state index >= 15 is 0 Å². The molecule has 0 saturated carbocycles. The summed E-state index contributed by atoms with van der Waals surface area (Å²) in [4.78, 5) is 10.1. The van der Waals surface area contributed by atoms with Crippen LogP contribution in [0, 0.1) is 5.92 Å². The zero-order valence-corrected chi connectivity index (χ0v) is 18.3. The summed E-state index contributed by atoms with van der Waals surface area (Å²) in [6.07, 6.45) is 6.98. The molecule has 144 valence electrons. The molecule has 1 aliphatic rings. The largest absolute Gasteiger partial charge is 0.361 e. The lowest BCUT2D eigenvalue weighted by Crippen LogP contribution is -2.39. The average Bonchev–Trinajstić information content (AvgIpc) is 3.05. The molecule has 3 rings (SSSR count). The van der Waals surface area contributed by atoms with E-state index in [4.69, 9.17) is 0 Å². The number of benzene rings is 1. The van der Waals surface area contributed by atoms with Crippen molar-refractivity contribution in [3.63, 3.8) is 0 Å². The molecule has 0 radical (unpaired) electrons. The number of piperidine rings is 1. The molecule has 0 bridgehead atoms. The third kappa shape index (κ3) is 5.87. The Morgan fingerprint density at radius 1 is 1.19 bits per heavy atom. The van der Waals surface area contributed by atoms with Crippen LogP contribution < -0.4 is 10.6 Å². The highest BCUT2D eigenvalue weighted by Crippen LogP contribution is 2.19. The molecule has 26 heavy (non-hydrogen) atoms. The molecule has 1 aromatic carbocycles. The van der Waals surface area contributed by atoms with Gasteiger partial charge in [0.05, 0.1) is 0 Å². The quantitative estimate of drug-likeness (QED) is 0.346. The maximum Gasteiger partial charge on any atom is 0.190 e. The number of hydrogen-bond donors (Lipinski definition) is 3. The summed E-state index contributed by atoms with van der Waals surface area (Å²) in [5.74, 6) is 1.76. The number of rotatable bonds is 6. The highest BCUT2D eigenvalue weighted by atomic mass is 127. The standard InChI is InChI=1S/C20H31N5.HI/c1-21-20(22-11-7-16-9-13-25(2)14-10-16)23-12-8-17-15-24-19-6-4-3-5-18(17)19;/h3-6,15-16,24H,7-14H2,1-2H3,(H2,21,22,23);1H. The molecule has 0 atom stereocenters. The Kier molecular flexibility index (Phi) is 8.71. The van der Waals surface area contributed by atoms with Gasteiger partial charge >= 0.3 is 0 Å². The van der Waals surface area contributed by atoms with E-state index in [-0.39, 0.29) is 24.0 Å². The lowest BCUT2D eigenvalue weighted by atomic mass is 9.94. The van der Waals surface area contributed by atoms with Crippen LogP contribution in [0.25, 0.3) is 10.9 Å². The Morgan fingerprint density at radius 3 is 2.69 bits per heavy atom. The first-order chi connectivity index (χ1) is 12.3. The Balaban J connectivity index is 0.00000243. The predicted molar refractivity (Wildman–Crippen MR) is 122 cm³/mol. The lowest BCUT2D eigenvalue weighted by molar-refractivity contribution is 0.213. The van der Waals surface area contributed by atoms with E-state index in [9.17, 15) is 0 Å². The number of aromatic amines is 1. The number of aromatic nitrogens is 1. The summed E-state index contributed by atoms with van der Waals surface area (Å²) in [6, 6.07) is 8.46. The van der Waals surface area contributed by atoms with E-state index in [0.717, 1.165) is 31.4 Å². The Morgan fingerprint density at radius 2 is 1.92 bits per heavy atom. The van der Waals surface area contributed by atoms with Crippen LogP contribution in [0.15, 0.2) is 35.5 Å². The van der Waals surface area contributed by atoms with Gasteiger partial charge in [-0.3, -0.25) is 4.99 Å². The number of hydrogen-bond acceptors (Lipinski definition) is 2. The van der Waals surface area contributed by atoms with Crippen LogP contribution in [0.1, 0.15) is 24.8 Å². The van der Waals surface area contributed by atoms with E-state index in [1.807, 2.05) is 7.05 Å². The Bertz CT molecular complexity index is 688. The third-order valence-electron chi connectivity index (χ3n) is 5.27. The van der Waals surface area contributed by atoms with Crippen LogP contribution in [0.2, 0.25) is 0 Å². The third-order valence-corrected chi connectivity index (χ3v) is 5.27. The molecule has 1 aromatic heterocycles. The topological polar surface area (TPSA) is 55.5 Å². The van der Waals surface area contributed by atoms with Crippen LogP contribution in [-0.2, 0) is 6.42 Å². The second kappa shape index (κ2) is 10.8. The molecule has 0 spiro atoms. The molecule has 2 aromatic rings. The maximum atomic E-state index is 4.34. The van der Waals surface area contributed by atoms with E-state index in [2.05, 4.69) is 63.0 Å². The van der Waals surface area contributed by atoms with Gasteiger partial charge in [-0.15, -0.1) is 24.0 Å². The SMILES string of the molecule is CN=C(NCCc1c[nH]c2ccccc12)NCCC1CCN(C)CC1.I. The first kappa shape index (κ1) is 21.0. The molecule has 2 heterocycles. The first-order valence-electron chi connectivity index (χ1n) is 9.44. The van der Waals surface area contributed by atoms with Crippen molar-refractivity contribution >= 4 is 40.8 Å². The minimum Gasteiger partial charge on any atom is -0.361 e. The fourth-order valence-corrected chi connectivity index (χ4v) is 3.62. The molecular formula is C20H32IN5. The lowest BCUT2D eigenvalue weighted by Gasteiger charge is -2.29. The molecule has 0 unspecified atom stereocenters. The van der Waals surface area contributed by atoms with Crippen molar-refractivity contribution in [2.45, 2.75) is 25.7 Å². The van der Waals surface area contributed by atoms with E-state index < -0.39 is 0 Å². The second-order valence-corrected chi connectivity index (χ2v) is 7.07. The molecule has 5 nitrogen and oxygen atoms in total. The summed E-state index contributed by atoms with van der Waals surface area (Å²) in [6.45, 7) is 4.36. The van der Waals surface area contributed by atoms with E-state index in [1.165, 1.54) is 48.8 Å². The van der Waals surface area contributed by atoms with Gasteiger partial charge in [-0.25, -0.2) is 0 Å². The van der Waals surface area contributed by atoms with Crippen LogP contribution in [0.5, 0.6) is 0 Å². The molecule has 0 aliphatic carbocycles. The second-order valence-electron chi connectivity index (χ2n) is 7.07. The fourth-order valence-electron chi connectivity index (χ4n) is 3.62. The highest BCUT2D eigenvalue weighted by molar-refractivity contribution is 14.0. The van der Waals surface area contributed by atoms with Gasteiger partial charge in [-0.1, -0.05) is 18.2 Å². The normalized spacial score (nSPS) is 16.5. The number of nitrogens with one attached hydrogen (secondary N) is 3. The maximum absolute atomic E-state index is 4.34. The monoisotopic (exact) mass is 469 g/mol. The van der Waals surface area contributed by atoms with Crippen molar-refractivity contribution in [3.8, 4) is 0 Å². The average molecular weight is 469 g/mol. The molecule has 3 N–H and O–H groups in total. The van der Waals surface area contributed by atoms with Crippen molar-refractivity contribution in [3.05, 3.63) is 36.0 Å². The predicted octanol–water partition coefficient (Wildman–Crippen LogP) is 3.23. The summed E-state index contributed by atoms with van der Waals surface area (Å²) < 4.78 is 0. The van der Waals surface area contributed by atoms with Crippen molar-refractivity contribution < 1.29 is 0 Å². The minimum absolute atomic E-state index is 0. The molecule has 1 fully saturated rings. The molecule has 1 aliphatic heterocycles. The number of aliphatic imine (C=N–C) groups is 1. The van der Waals surface area contributed by atoms with Gasteiger partial charge < -0.3 is 20.5 Å². The van der Waals surface area contributed by atoms with Gasteiger partial charge in [0.2, 0.25) is 0 Å². The summed E-state index contributed by atoms with van der Waals surface area (Å²) >= 11 is 0. The molecule has 1 saturated heterocycles. The van der Waals surface area contributed by atoms with Gasteiger partial charge in [0.15, 0.2) is 5.96 Å². The summed E-state index contributed by atoms with van der Waals surface area (Å²) in [5, 5.41) is 8.21. The van der Waals surface area contributed by atoms with Crippen LogP contribution in [-0.4, -0.2) is 56.1 Å². The zero-order chi connectivity index (χ0) is 17.5. The zero-order valence-electron chi connectivity index (χ0n) is 15.9. The van der Waals surface area contributed by atoms with Gasteiger partial charge in [0, 0.05) is 37.2 Å². The van der Waals surface area contributed by atoms with Crippen LogP contribution in [0.4, 0.5) is 0 Å². The molecule has 6 heteroatoms. The number of nitrogens with zero attached hydrogens (tertiary/aromatic N) is 2. The number of fused-ring (bicyclic) bond motifs is 1. The van der Waals surface area contributed by atoms with Crippen molar-refractivity contribution in [1.82, 2.24) is 20.5 Å². The van der Waals surface area contributed by atoms with Crippen molar-refractivity contribution in [2.24, 2.45) is 10.9 Å². The van der Waals surface area contributed by atoms with E-state index in [0.29, 0.717) is 0 Å². The Labute approximate surface area is 174 Å². The van der Waals surface area contributed by atoms with E-state index in [1.54, 1.807) is 0 Å². The smallest absolute Gasteiger partial charge is 0.190 e. The minimum atomic E-state index is 0. The van der Waals surface area contributed by atoms with Crippen molar-refractivity contribution in [1.29, 1.82) is 0 Å². The molecular weight excluding hydrogens is 437 g/mol. The van der Waals surface area contributed by atoms with Gasteiger partial charge in [0.1, 0.15) is 0 Å². The number of para-hydroxylation sites is 1. The Hall–Kier alpha value is -1.28. The van der Waals surface area contributed by atoms with Gasteiger partial charge in [-0.05, 0) is 63.4 Å². The number of halogens is 1. The summed E-state index contributed by atoms with van der Waals surface area (Å²) in [5.41, 5.74) is 2.56. The fraction of sp³-hybridized carbons (Fsp3) is 0.550. The van der Waals surface area contributed by atoms with Gasteiger partial charge in [0.25, 0.3) is 0 Å². The number of guanidine groups is 1. The van der Waals surface area contributed by atoms with Crippen LogP contribution >= 0.6 is 24.0 Å². The summed E-state index contributed by atoms with van der Waals surface area (Å²) in [7, 11) is 4.06. The van der Waals surface area contributed by atoms with Crippen molar-refractivity contribution in [2.75, 3.05) is 40.3 Å². The van der Waals surface area contributed by atoms with Gasteiger partial charge in [-0.2, -0.15) is 0 Å².